The number of nitrogens with zero attached hydrogens (tertiary/aromatic N) is 1. The Bertz CT molecular complexity index is 1130. The Labute approximate surface area is 179 Å². The van der Waals surface area contributed by atoms with Gasteiger partial charge in [0.05, 0.1) is 16.3 Å². The summed E-state index contributed by atoms with van der Waals surface area (Å²) in [4.78, 5) is 37.7. The van der Waals surface area contributed by atoms with Crippen LogP contribution < -0.4 is 15.0 Å². The number of alkyl halides is 3. The number of imide groups is 2. The molecule has 2 aromatic rings. The van der Waals surface area contributed by atoms with Crippen LogP contribution in [0.15, 0.2) is 48.0 Å². The molecule has 10 heteroatoms. The third-order valence-corrected chi connectivity index (χ3v) is 4.45. The van der Waals surface area contributed by atoms with Gasteiger partial charge in [-0.1, -0.05) is 29.7 Å². The summed E-state index contributed by atoms with van der Waals surface area (Å²) in [5.74, 6) is 0.630. The van der Waals surface area contributed by atoms with Gasteiger partial charge in [-0.05, 0) is 42.0 Å². The fraction of sp³-hybridized carbons (Fsp3) is 0.0952. The number of urea groups is 1. The van der Waals surface area contributed by atoms with Gasteiger partial charge in [0.15, 0.2) is 0 Å². The molecule has 31 heavy (non-hydrogen) atoms. The summed E-state index contributed by atoms with van der Waals surface area (Å²) in [5.41, 5.74) is -1.69. The van der Waals surface area contributed by atoms with Gasteiger partial charge in [0.2, 0.25) is 0 Å². The first-order chi connectivity index (χ1) is 14.6. The van der Waals surface area contributed by atoms with E-state index in [0.29, 0.717) is 28.3 Å². The van der Waals surface area contributed by atoms with Gasteiger partial charge in [0.25, 0.3) is 11.8 Å². The second kappa shape index (κ2) is 8.53. The number of carbonyl (C=O) groups is 3. The first kappa shape index (κ1) is 21.9. The Hall–Kier alpha value is -3.77. The van der Waals surface area contributed by atoms with Crippen LogP contribution in [-0.4, -0.2) is 24.5 Å². The van der Waals surface area contributed by atoms with Crippen LogP contribution in [0.25, 0.3) is 6.08 Å². The lowest BCUT2D eigenvalue weighted by atomic mass is 10.1. The van der Waals surface area contributed by atoms with Crippen molar-refractivity contribution in [1.82, 2.24) is 5.32 Å². The number of nitrogens with one attached hydrogen (secondary N) is 1. The van der Waals surface area contributed by atoms with Gasteiger partial charge < -0.3 is 4.74 Å². The molecule has 4 amide bonds. The molecule has 0 aromatic heterocycles. The first-order valence-electron chi connectivity index (χ1n) is 8.56. The molecule has 3 rings (SSSR count). The predicted molar refractivity (Wildman–Crippen MR) is 106 cm³/mol. The molecule has 6 nitrogen and oxygen atoms in total. The highest BCUT2D eigenvalue weighted by molar-refractivity contribution is 6.42. The SMILES string of the molecule is C#CCOc1ccc(C=C2C(=O)NC(=O)N(c3cc(C(F)(F)F)ccc3Cl)C2=O)cc1. The summed E-state index contributed by atoms with van der Waals surface area (Å²) in [6.07, 6.45) is 1.56. The minimum Gasteiger partial charge on any atom is -0.481 e. The van der Waals surface area contributed by atoms with Crippen molar-refractivity contribution in [1.29, 1.82) is 0 Å². The van der Waals surface area contributed by atoms with E-state index in [1.807, 2.05) is 5.32 Å². The van der Waals surface area contributed by atoms with Crippen molar-refractivity contribution in [3.8, 4) is 18.1 Å². The number of amides is 4. The van der Waals surface area contributed by atoms with Crippen LogP contribution in [0, 0.1) is 12.3 Å². The number of hydrogen-bond donors (Lipinski definition) is 1. The fourth-order valence-electron chi connectivity index (χ4n) is 2.69. The molecule has 1 N–H and O–H groups in total. The topological polar surface area (TPSA) is 75.7 Å². The van der Waals surface area contributed by atoms with E-state index in [4.69, 9.17) is 22.8 Å². The van der Waals surface area contributed by atoms with E-state index in [9.17, 15) is 27.6 Å². The number of terminal acetylenes is 1. The molecule has 1 heterocycles. The Kier molecular flexibility index (Phi) is 6.04. The summed E-state index contributed by atoms with van der Waals surface area (Å²) < 4.78 is 44.4. The van der Waals surface area contributed by atoms with Crippen LogP contribution >= 0.6 is 11.6 Å². The monoisotopic (exact) mass is 448 g/mol. The van der Waals surface area contributed by atoms with Gasteiger partial charge in [-0.3, -0.25) is 14.9 Å². The zero-order valence-corrected chi connectivity index (χ0v) is 16.3. The molecule has 0 aliphatic carbocycles. The lowest BCUT2D eigenvalue weighted by molar-refractivity contribution is -0.137. The molecule has 0 bridgehead atoms. The van der Waals surface area contributed by atoms with E-state index < -0.39 is 40.8 Å². The smallest absolute Gasteiger partial charge is 0.416 e. The Balaban J connectivity index is 1.98. The number of hydrogen-bond acceptors (Lipinski definition) is 4. The average molecular weight is 449 g/mol. The molecule has 0 spiro atoms. The number of barbiturate groups is 1. The number of rotatable bonds is 4. The van der Waals surface area contributed by atoms with Crippen molar-refractivity contribution >= 4 is 41.2 Å². The maximum atomic E-state index is 13.1. The summed E-state index contributed by atoms with van der Waals surface area (Å²) in [7, 11) is 0. The minimum atomic E-state index is -4.73. The molecule has 158 valence electrons. The van der Waals surface area contributed by atoms with Gasteiger partial charge >= 0.3 is 12.2 Å². The molecule has 2 aromatic carbocycles. The van der Waals surface area contributed by atoms with Crippen molar-refractivity contribution in [3.05, 3.63) is 64.2 Å². The molecule has 0 unspecified atom stereocenters. The quantitative estimate of drug-likeness (QED) is 0.435. The van der Waals surface area contributed by atoms with Crippen LogP contribution in [0.2, 0.25) is 5.02 Å². The Morgan fingerprint density at radius 2 is 1.81 bits per heavy atom. The number of anilines is 1. The van der Waals surface area contributed by atoms with E-state index in [1.54, 1.807) is 12.1 Å². The number of ether oxygens (including phenoxy) is 1. The van der Waals surface area contributed by atoms with Gasteiger partial charge in [-0.2, -0.15) is 13.2 Å². The van der Waals surface area contributed by atoms with Crippen LogP contribution in [0.1, 0.15) is 11.1 Å². The van der Waals surface area contributed by atoms with Crippen LogP contribution in [-0.2, 0) is 15.8 Å². The summed E-state index contributed by atoms with van der Waals surface area (Å²) in [6.45, 7) is 0.0517. The van der Waals surface area contributed by atoms with Crippen LogP contribution in [0.3, 0.4) is 0 Å². The highest BCUT2D eigenvalue weighted by Gasteiger charge is 2.39. The third kappa shape index (κ3) is 4.70. The standard InChI is InChI=1S/C21H12ClF3N2O4/c1-2-9-31-14-6-3-12(4-7-14)10-15-18(28)26-20(30)27(19(15)29)17-11-13(21(23,24)25)5-8-16(17)22/h1,3-8,10-11H,9H2,(H,26,28,30). The predicted octanol–water partition coefficient (Wildman–Crippen LogP) is 4.04. The minimum absolute atomic E-state index is 0.0517. The van der Waals surface area contributed by atoms with Gasteiger partial charge in [-0.25, -0.2) is 9.69 Å². The molecule has 0 saturated carbocycles. The second-order valence-corrected chi connectivity index (χ2v) is 6.59. The highest BCUT2D eigenvalue weighted by Crippen LogP contribution is 2.36. The van der Waals surface area contributed by atoms with E-state index >= 15 is 0 Å². The van der Waals surface area contributed by atoms with Gasteiger partial charge in [0.1, 0.15) is 17.9 Å². The molecule has 0 radical (unpaired) electrons. The average Bonchev–Trinajstić information content (AvgIpc) is 2.70. The molecular formula is C21H12ClF3N2O4. The maximum absolute atomic E-state index is 13.1. The first-order valence-corrected chi connectivity index (χ1v) is 8.94. The lowest BCUT2D eigenvalue weighted by Gasteiger charge is -2.27. The Morgan fingerprint density at radius 3 is 2.42 bits per heavy atom. The highest BCUT2D eigenvalue weighted by atomic mass is 35.5. The molecule has 1 aliphatic rings. The molecule has 0 atom stereocenters. The lowest BCUT2D eigenvalue weighted by Crippen LogP contribution is -2.54. The number of benzene rings is 2. The van der Waals surface area contributed by atoms with Crippen molar-refractivity contribution < 1.29 is 32.3 Å². The van der Waals surface area contributed by atoms with Gasteiger partial charge in [0, 0.05) is 0 Å². The normalized spacial score (nSPS) is 15.6. The van der Waals surface area contributed by atoms with E-state index in [1.165, 1.54) is 18.2 Å². The van der Waals surface area contributed by atoms with Crippen molar-refractivity contribution in [2.75, 3.05) is 11.5 Å². The fourth-order valence-corrected chi connectivity index (χ4v) is 2.89. The largest absolute Gasteiger partial charge is 0.481 e. The van der Waals surface area contributed by atoms with Crippen molar-refractivity contribution in [3.63, 3.8) is 0 Å². The van der Waals surface area contributed by atoms with Crippen molar-refractivity contribution in [2.24, 2.45) is 0 Å². The second-order valence-electron chi connectivity index (χ2n) is 6.18. The third-order valence-electron chi connectivity index (χ3n) is 4.13. The van der Waals surface area contributed by atoms with E-state index in [2.05, 4.69) is 5.92 Å². The summed E-state index contributed by atoms with van der Waals surface area (Å²) in [6, 6.07) is 7.10. The van der Waals surface area contributed by atoms with E-state index in [-0.39, 0.29) is 11.6 Å². The van der Waals surface area contributed by atoms with Crippen LogP contribution in [0.4, 0.5) is 23.7 Å². The number of carbonyl (C=O) groups excluding carboxylic acids is 3. The molecule has 1 aliphatic heterocycles. The molecule has 1 saturated heterocycles. The zero-order chi connectivity index (χ0) is 22.8. The van der Waals surface area contributed by atoms with E-state index in [0.717, 1.165) is 6.07 Å². The van der Waals surface area contributed by atoms with Crippen molar-refractivity contribution in [2.45, 2.75) is 6.18 Å². The Morgan fingerprint density at radius 1 is 1.13 bits per heavy atom. The zero-order valence-electron chi connectivity index (χ0n) is 15.5. The maximum Gasteiger partial charge on any atom is 0.416 e. The summed E-state index contributed by atoms with van der Waals surface area (Å²) in [5, 5.41) is 1.65. The summed E-state index contributed by atoms with van der Waals surface area (Å²) >= 11 is 5.94. The van der Waals surface area contributed by atoms with Gasteiger partial charge in [-0.15, -0.1) is 6.42 Å². The molecule has 1 fully saturated rings. The number of halogens is 4. The van der Waals surface area contributed by atoms with Crippen LogP contribution in [0.5, 0.6) is 5.75 Å². The molecular weight excluding hydrogens is 437 g/mol.